The van der Waals surface area contributed by atoms with Crippen molar-refractivity contribution in [2.45, 2.75) is 46.1 Å². The third-order valence-electron chi connectivity index (χ3n) is 3.86. The van der Waals surface area contributed by atoms with Crippen molar-refractivity contribution >= 4 is 9.84 Å². The third kappa shape index (κ3) is 6.23. The van der Waals surface area contributed by atoms with Gasteiger partial charge in [0.05, 0.1) is 18.1 Å². The Balaban J connectivity index is 2.59. The Hall–Kier alpha value is -0.130. The lowest BCUT2D eigenvalue weighted by Gasteiger charge is -2.24. The summed E-state index contributed by atoms with van der Waals surface area (Å²) in [5.41, 5.74) is 0. The van der Waals surface area contributed by atoms with Gasteiger partial charge < -0.3 is 10.1 Å². The summed E-state index contributed by atoms with van der Waals surface area (Å²) in [5.74, 6) is 1.15. The van der Waals surface area contributed by atoms with Crippen LogP contribution in [0.25, 0.3) is 0 Å². The summed E-state index contributed by atoms with van der Waals surface area (Å²) in [6.07, 6.45) is 2.91. The molecule has 114 valence electrons. The van der Waals surface area contributed by atoms with Gasteiger partial charge in [0, 0.05) is 18.6 Å². The van der Waals surface area contributed by atoms with Crippen molar-refractivity contribution in [2.24, 2.45) is 11.8 Å². The van der Waals surface area contributed by atoms with E-state index in [9.17, 15) is 8.42 Å². The molecule has 0 radical (unpaired) electrons. The van der Waals surface area contributed by atoms with Crippen LogP contribution in [-0.4, -0.2) is 45.7 Å². The van der Waals surface area contributed by atoms with E-state index >= 15 is 0 Å². The molecule has 1 aliphatic heterocycles. The number of hydrogen-bond acceptors (Lipinski definition) is 4. The Morgan fingerprint density at radius 1 is 1.32 bits per heavy atom. The Morgan fingerprint density at radius 3 is 2.58 bits per heavy atom. The summed E-state index contributed by atoms with van der Waals surface area (Å²) in [7, 11) is -2.98. The number of rotatable bonds is 9. The fraction of sp³-hybridized carbons (Fsp3) is 1.00. The molecule has 1 heterocycles. The summed E-state index contributed by atoms with van der Waals surface area (Å²) in [6, 6.07) is 0.0523. The second kappa shape index (κ2) is 8.22. The molecular weight excluding hydrogens is 262 g/mol. The van der Waals surface area contributed by atoms with Gasteiger partial charge >= 0.3 is 0 Å². The van der Waals surface area contributed by atoms with Crippen LogP contribution in [-0.2, 0) is 14.6 Å². The summed E-state index contributed by atoms with van der Waals surface area (Å²) in [6.45, 7) is 8.48. The Morgan fingerprint density at radius 2 is 2.05 bits per heavy atom. The normalized spacial score (nSPS) is 23.4. The van der Waals surface area contributed by atoms with E-state index in [-0.39, 0.29) is 17.7 Å². The first-order valence-corrected chi connectivity index (χ1v) is 9.32. The van der Waals surface area contributed by atoms with Crippen LogP contribution in [0, 0.1) is 11.8 Å². The number of ether oxygens (including phenoxy) is 1. The van der Waals surface area contributed by atoms with Crippen LogP contribution >= 0.6 is 0 Å². The summed E-state index contributed by atoms with van der Waals surface area (Å²) >= 11 is 0. The Labute approximate surface area is 118 Å². The van der Waals surface area contributed by atoms with Crippen molar-refractivity contribution in [3.8, 4) is 0 Å². The van der Waals surface area contributed by atoms with Crippen LogP contribution in [0.4, 0.5) is 0 Å². The van der Waals surface area contributed by atoms with Crippen LogP contribution in [0.2, 0.25) is 0 Å². The minimum atomic E-state index is -2.98. The molecule has 1 fully saturated rings. The van der Waals surface area contributed by atoms with Gasteiger partial charge in [-0.15, -0.1) is 0 Å². The summed E-state index contributed by atoms with van der Waals surface area (Å²) in [5, 5.41) is 3.40. The highest BCUT2D eigenvalue weighted by Crippen LogP contribution is 2.19. The molecular formula is C14H29NO3S. The van der Waals surface area contributed by atoms with Crippen molar-refractivity contribution in [2.75, 3.05) is 31.3 Å². The first kappa shape index (κ1) is 16.9. The molecule has 1 aliphatic rings. The largest absolute Gasteiger partial charge is 0.381 e. The predicted octanol–water partition coefficient (Wildman–Crippen LogP) is 1.85. The molecule has 1 saturated heterocycles. The van der Waals surface area contributed by atoms with Gasteiger partial charge in [-0.25, -0.2) is 8.42 Å². The monoisotopic (exact) mass is 291 g/mol. The van der Waals surface area contributed by atoms with Crippen molar-refractivity contribution in [3.05, 3.63) is 0 Å². The molecule has 0 bridgehead atoms. The minimum absolute atomic E-state index is 0.0523. The van der Waals surface area contributed by atoms with Gasteiger partial charge in [0.1, 0.15) is 0 Å². The molecule has 0 aromatic carbocycles. The van der Waals surface area contributed by atoms with Crippen LogP contribution in [0.1, 0.15) is 40.0 Å². The van der Waals surface area contributed by atoms with E-state index in [4.69, 9.17) is 4.74 Å². The zero-order valence-corrected chi connectivity index (χ0v) is 13.3. The van der Waals surface area contributed by atoms with Gasteiger partial charge in [-0.2, -0.15) is 0 Å². The van der Waals surface area contributed by atoms with Gasteiger partial charge in [0.2, 0.25) is 0 Å². The first-order valence-electron chi connectivity index (χ1n) is 7.50. The lowest BCUT2D eigenvalue weighted by atomic mass is 10.0. The highest BCUT2D eigenvalue weighted by atomic mass is 32.2. The molecule has 4 nitrogen and oxygen atoms in total. The maximum Gasteiger partial charge on any atom is 0.152 e. The van der Waals surface area contributed by atoms with Gasteiger partial charge in [-0.1, -0.05) is 27.2 Å². The van der Waals surface area contributed by atoms with Gasteiger partial charge in [0.25, 0.3) is 0 Å². The lowest BCUT2D eigenvalue weighted by molar-refractivity contribution is 0.178. The number of nitrogens with one attached hydrogen (secondary N) is 1. The quantitative estimate of drug-likeness (QED) is 0.704. The van der Waals surface area contributed by atoms with Crippen LogP contribution in [0.5, 0.6) is 0 Å². The predicted molar refractivity (Wildman–Crippen MR) is 79.1 cm³/mol. The molecule has 19 heavy (non-hydrogen) atoms. The van der Waals surface area contributed by atoms with Gasteiger partial charge in [-0.05, 0) is 25.3 Å². The average Bonchev–Trinajstić information content (AvgIpc) is 2.87. The third-order valence-corrected chi connectivity index (χ3v) is 5.80. The molecule has 5 heteroatoms. The van der Waals surface area contributed by atoms with E-state index in [1.807, 2.05) is 13.8 Å². The molecule has 0 aliphatic carbocycles. The van der Waals surface area contributed by atoms with E-state index in [1.54, 1.807) is 0 Å². The first-order chi connectivity index (χ1) is 8.98. The zero-order valence-electron chi connectivity index (χ0n) is 12.5. The lowest BCUT2D eigenvalue weighted by Crippen LogP contribution is -2.43. The Bertz CT molecular complexity index is 337. The smallest absolute Gasteiger partial charge is 0.152 e. The molecule has 0 amide bonds. The molecule has 0 aromatic rings. The molecule has 0 spiro atoms. The second-order valence-corrected chi connectivity index (χ2v) is 7.93. The van der Waals surface area contributed by atoms with E-state index in [0.717, 1.165) is 32.4 Å². The molecule has 3 atom stereocenters. The molecule has 1 N–H and O–H groups in total. The maximum atomic E-state index is 12.2. The molecule has 3 unspecified atom stereocenters. The highest BCUT2D eigenvalue weighted by molar-refractivity contribution is 7.91. The molecule has 0 saturated carbocycles. The Kier molecular flexibility index (Phi) is 7.32. The fourth-order valence-corrected chi connectivity index (χ4v) is 4.63. The van der Waals surface area contributed by atoms with Crippen molar-refractivity contribution in [1.82, 2.24) is 5.32 Å². The van der Waals surface area contributed by atoms with Gasteiger partial charge in [-0.3, -0.25) is 0 Å². The standard InChI is InChI=1S/C14H29NO3S/c1-4-7-15-14(13-6-8-18-9-13)11-19(16,17)10-12(3)5-2/h12-15H,4-11H2,1-3H3. The zero-order chi connectivity index (χ0) is 14.3. The number of sulfone groups is 1. The minimum Gasteiger partial charge on any atom is -0.381 e. The topological polar surface area (TPSA) is 55.4 Å². The highest BCUT2D eigenvalue weighted by Gasteiger charge is 2.29. The second-order valence-electron chi connectivity index (χ2n) is 5.77. The SMILES string of the molecule is CCCNC(CS(=O)(=O)CC(C)CC)C1CCOC1. The van der Waals surface area contributed by atoms with E-state index in [2.05, 4.69) is 12.2 Å². The molecule has 0 aromatic heterocycles. The fourth-order valence-electron chi connectivity index (χ4n) is 2.45. The summed E-state index contributed by atoms with van der Waals surface area (Å²) < 4.78 is 29.9. The maximum absolute atomic E-state index is 12.2. The van der Waals surface area contributed by atoms with Crippen molar-refractivity contribution in [3.63, 3.8) is 0 Å². The van der Waals surface area contributed by atoms with Crippen molar-refractivity contribution < 1.29 is 13.2 Å². The van der Waals surface area contributed by atoms with Crippen LogP contribution < -0.4 is 5.32 Å². The summed E-state index contributed by atoms with van der Waals surface area (Å²) in [4.78, 5) is 0. The molecule has 1 rings (SSSR count). The van der Waals surface area contributed by atoms with Crippen LogP contribution in [0.3, 0.4) is 0 Å². The van der Waals surface area contributed by atoms with Crippen LogP contribution in [0.15, 0.2) is 0 Å². The van der Waals surface area contributed by atoms with E-state index in [0.29, 0.717) is 18.3 Å². The van der Waals surface area contributed by atoms with E-state index < -0.39 is 9.84 Å². The van der Waals surface area contributed by atoms with E-state index in [1.165, 1.54) is 0 Å². The number of hydrogen-bond donors (Lipinski definition) is 1. The van der Waals surface area contributed by atoms with Crippen molar-refractivity contribution in [1.29, 1.82) is 0 Å². The average molecular weight is 291 g/mol. The van der Waals surface area contributed by atoms with Gasteiger partial charge in [0.15, 0.2) is 9.84 Å².